The van der Waals surface area contributed by atoms with Gasteiger partial charge in [-0.15, -0.1) is 0 Å². The van der Waals surface area contributed by atoms with Crippen molar-refractivity contribution < 1.29 is 14.7 Å². The van der Waals surface area contributed by atoms with Crippen LogP contribution in [0.25, 0.3) is 0 Å². The van der Waals surface area contributed by atoms with Crippen LogP contribution in [0.2, 0.25) is 0 Å². The van der Waals surface area contributed by atoms with E-state index in [4.69, 9.17) is 5.11 Å². The standard InChI is InChI=1S/C16H23NO3/c1-2-3-5-13-7-9-14(10-8-13)12-15(18)17-11-4-6-16(19)20/h7-10H,2-6,11-12H2,1H3,(H,17,18)(H,19,20). The Bertz CT molecular complexity index is 426. The lowest BCUT2D eigenvalue weighted by molar-refractivity contribution is -0.137. The second kappa shape index (κ2) is 9.13. The van der Waals surface area contributed by atoms with Crippen LogP contribution in [0.3, 0.4) is 0 Å². The van der Waals surface area contributed by atoms with Gasteiger partial charge in [0.05, 0.1) is 6.42 Å². The Balaban J connectivity index is 2.29. The molecule has 2 N–H and O–H groups in total. The minimum Gasteiger partial charge on any atom is -0.481 e. The number of aliphatic carboxylic acids is 1. The molecule has 20 heavy (non-hydrogen) atoms. The van der Waals surface area contributed by atoms with E-state index in [1.807, 2.05) is 12.1 Å². The third-order valence-electron chi connectivity index (χ3n) is 3.10. The zero-order valence-electron chi connectivity index (χ0n) is 12.0. The molecule has 0 aromatic heterocycles. The molecule has 0 atom stereocenters. The number of hydrogen-bond donors (Lipinski definition) is 2. The molecule has 0 saturated heterocycles. The molecule has 0 radical (unpaired) electrons. The molecule has 4 heteroatoms. The van der Waals surface area contributed by atoms with Crippen molar-refractivity contribution in [3.8, 4) is 0 Å². The Kier molecular flexibility index (Phi) is 7.40. The molecular formula is C16H23NO3. The van der Waals surface area contributed by atoms with Crippen LogP contribution in [-0.2, 0) is 22.4 Å². The first-order chi connectivity index (χ1) is 9.61. The number of amides is 1. The highest BCUT2D eigenvalue weighted by atomic mass is 16.4. The molecular weight excluding hydrogens is 254 g/mol. The summed E-state index contributed by atoms with van der Waals surface area (Å²) in [4.78, 5) is 22.0. The molecule has 0 fully saturated rings. The molecule has 1 rings (SSSR count). The first kappa shape index (κ1) is 16.2. The van der Waals surface area contributed by atoms with E-state index in [9.17, 15) is 9.59 Å². The topological polar surface area (TPSA) is 66.4 Å². The van der Waals surface area contributed by atoms with Crippen molar-refractivity contribution >= 4 is 11.9 Å². The number of carbonyl (C=O) groups is 2. The molecule has 0 spiro atoms. The van der Waals surface area contributed by atoms with Crippen LogP contribution >= 0.6 is 0 Å². The zero-order chi connectivity index (χ0) is 14.8. The van der Waals surface area contributed by atoms with Gasteiger partial charge in [0.1, 0.15) is 0 Å². The summed E-state index contributed by atoms with van der Waals surface area (Å²) < 4.78 is 0. The van der Waals surface area contributed by atoms with Gasteiger partial charge in [-0.3, -0.25) is 9.59 Å². The molecule has 0 aliphatic carbocycles. The molecule has 1 aromatic carbocycles. The Morgan fingerprint density at radius 3 is 2.35 bits per heavy atom. The van der Waals surface area contributed by atoms with E-state index >= 15 is 0 Å². The maximum absolute atomic E-state index is 11.7. The molecule has 110 valence electrons. The summed E-state index contributed by atoms with van der Waals surface area (Å²) in [5.41, 5.74) is 2.29. The van der Waals surface area contributed by atoms with Gasteiger partial charge in [0, 0.05) is 13.0 Å². The lowest BCUT2D eigenvalue weighted by Gasteiger charge is -2.05. The fraction of sp³-hybridized carbons (Fsp3) is 0.500. The Labute approximate surface area is 120 Å². The predicted molar refractivity (Wildman–Crippen MR) is 78.6 cm³/mol. The first-order valence-corrected chi connectivity index (χ1v) is 7.18. The fourth-order valence-corrected chi connectivity index (χ4v) is 1.92. The van der Waals surface area contributed by atoms with Gasteiger partial charge in [-0.05, 0) is 30.4 Å². The monoisotopic (exact) mass is 277 g/mol. The lowest BCUT2D eigenvalue weighted by Crippen LogP contribution is -2.26. The van der Waals surface area contributed by atoms with Crippen LogP contribution in [0.4, 0.5) is 0 Å². The van der Waals surface area contributed by atoms with E-state index in [0.29, 0.717) is 19.4 Å². The highest BCUT2D eigenvalue weighted by molar-refractivity contribution is 5.78. The first-order valence-electron chi connectivity index (χ1n) is 7.18. The van der Waals surface area contributed by atoms with Gasteiger partial charge in [-0.25, -0.2) is 0 Å². The molecule has 1 aromatic rings. The number of aryl methyl sites for hydroxylation is 1. The van der Waals surface area contributed by atoms with Gasteiger partial charge in [-0.2, -0.15) is 0 Å². The van der Waals surface area contributed by atoms with E-state index in [0.717, 1.165) is 12.0 Å². The van der Waals surface area contributed by atoms with Crippen LogP contribution in [0.1, 0.15) is 43.7 Å². The third kappa shape index (κ3) is 6.92. The molecule has 4 nitrogen and oxygen atoms in total. The fourth-order valence-electron chi connectivity index (χ4n) is 1.92. The number of nitrogens with one attached hydrogen (secondary N) is 1. The lowest BCUT2D eigenvalue weighted by atomic mass is 10.0. The highest BCUT2D eigenvalue weighted by Crippen LogP contribution is 2.08. The van der Waals surface area contributed by atoms with Crippen molar-refractivity contribution in [2.75, 3.05) is 6.54 Å². The zero-order valence-corrected chi connectivity index (χ0v) is 12.0. The van der Waals surface area contributed by atoms with Gasteiger partial charge >= 0.3 is 5.97 Å². The summed E-state index contributed by atoms with van der Waals surface area (Å²) in [5.74, 6) is -0.890. The smallest absolute Gasteiger partial charge is 0.303 e. The summed E-state index contributed by atoms with van der Waals surface area (Å²) in [7, 11) is 0. The Morgan fingerprint density at radius 1 is 1.10 bits per heavy atom. The van der Waals surface area contributed by atoms with Crippen molar-refractivity contribution in [3.05, 3.63) is 35.4 Å². The maximum Gasteiger partial charge on any atom is 0.303 e. The molecule has 0 aliphatic rings. The highest BCUT2D eigenvalue weighted by Gasteiger charge is 2.04. The van der Waals surface area contributed by atoms with Crippen LogP contribution in [0, 0.1) is 0 Å². The van der Waals surface area contributed by atoms with Crippen molar-refractivity contribution in [2.45, 2.75) is 45.4 Å². The Morgan fingerprint density at radius 2 is 1.75 bits per heavy atom. The summed E-state index contributed by atoms with van der Waals surface area (Å²) in [5, 5.41) is 11.2. The van der Waals surface area contributed by atoms with Crippen LogP contribution in [0.5, 0.6) is 0 Å². The SMILES string of the molecule is CCCCc1ccc(CC(=O)NCCCC(=O)O)cc1. The second-order valence-corrected chi connectivity index (χ2v) is 4.94. The van der Waals surface area contributed by atoms with Crippen molar-refractivity contribution in [3.63, 3.8) is 0 Å². The average Bonchev–Trinajstić information content (AvgIpc) is 2.43. The van der Waals surface area contributed by atoms with Gasteiger partial charge in [-0.1, -0.05) is 37.6 Å². The molecule has 0 bridgehead atoms. The number of carboxylic acids is 1. The predicted octanol–water partition coefficient (Wildman–Crippen LogP) is 2.55. The molecule has 0 unspecified atom stereocenters. The molecule has 0 heterocycles. The van der Waals surface area contributed by atoms with Gasteiger partial charge in [0.2, 0.25) is 5.91 Å². The quantitative estimate of drug-likeness (QED) is 0.682. The summed E-state index contributed by atoms with van der Waals surface area (Å²) >= 11 is 0. The van der Waals surface area contributed by atoms with E-state index in [1.165, 1.54) is 18.4 Å². The van der Waals surface area contributed by atoms with E-state index < -0.39 is 5.97 Å². The van der Waals surface area contributed by atoms with E-state index in [-0.39, 0.29) is 12.3 Å². The van der Waals surface area contributed by atoms with Crippen molar-refractivity contribution in [1.29, 1.82) is 0 Å². The largest absolute Gasteiger partial charge is 0.481 e. The molecule has 0 aliphatic heterocycles. The number of unbranched alkanes of at least 4 members (excludes halogenated alkanes) is 1. The summed E-state index contributed by atoms with van der Waals surface area (Å²) in [6, 6.07) is 8.12. The van der Waals surface area contributed by atoms with Crippen molar-refractivity contribution in [1.82, 2.24) is 5.32 Å². The number of rotatable bonds is 9. The number of benzene rings is 1. The average molecular weight is 277 g/mol. The maximum atomic E-state index is 11.7. The van der Waals surface area contributed by atoms with Crippen LogP contribution < -0.4 is 5.32 Å². The van der Waals surface area contributed by atoms with E-state index in [1.54, 1.807) is 0 Å². The normalized spacial score (nSPS) is 10.2. The van der Waals surface area contributed by atoms with Crippen LogP contribution in [0.15, 0.2) is 24.3 Å². The van der Waals surface area contributed by atoms with Gasteiger partial charge < -0.3 is 10.4 Å². The third-order valence-corrected chi connectivity index (χ3v) is 3.10. The number of carboxylic acid groups (broad SMARTS) is 1. The minimum absolute atomic E-state index is 0.0586. The summed E-state index contributed by atoms with van der Waals surface area (Å²) in [6.45, 7) is 2.59. The number of hydrogen-bond acceptors (Lipinski definition) is 2. The Hall–Kier alpha value is -1.84. The van der Waals surface area contributed by atoms with E-state index in [2.05, 4.69) is 24.4 Å². The second-order valence-electron chi connectivity index (χ2n) is 4.94. The van der Waals surface area contributed by atoms with Crippen molar-refractivity contribution in [2.24, 2.45) is 0 Å². The van der Waals surface area contributed by atoms with Gasteiger partial charge in [0.25, 0.3) is 0 Å². The van der Waals surface area contributed by atoms with Gasteiger partial charge in [0.15, 0.2) is 0 Å². The van der Waals surface area contributed by atoms with Crippen LogP contribution in [-0.4, -0.2) is 23.5 Å². The molecule has 1 amide bonds. The number of carbonyl (C=O) groups excluding carboxylic acids is 1. The minimum atomic E-state index is -0.832. The summed E-state index contributed by atoms with van der Waals surface area (Å²) in [6.07, 6.45) is 4.35. The molecule has 0 saturated carbocycles.